The van der Waals surface area contributed by atoms with Gasteiger partial charge in [-0.2, -0.15) is 0 Å². The molecule has 0 radical (unpaired) electrons. The molecular weight excluding hydrogens is 199 g/mol. The summed E-state index contributed by atoms with van der Waals surface area (Å²) in [6, 6.07) is 0. The van der Waals surface area contributed by atoms with Crippen molar-refractivity contribution >= 4 is 7.60 Å². The lowest BCUT2D eigenvalue weighted by Gasteiger charge is -2.40. The summed E-state index contributed by atoms with van der Waals surface area (Å²) in [5.41, 5.74) is -0.875. The summed E-state index contributed by atoms with van der Waals surface area (Å²) >= 11 is 0. The smallest absolute Gasteiger partial charge is 0.324 e. The van der Waals surface area contributed by atoms with E-state index < -0.39 is 18.2 Å². The second-order valence-electron chi connectivity index (χ2n) is 4.08. The lowest BCUT2D eigenvalue weighted by molar-refractivity contribution is 0.260. The highest BCUT2D eigenvalue weighted by molar-refractivity contribution is 7.53. The molecule has 0 aromatic carbocycles. The summed E-state index contributed by atoms with van der Waals surface area (Å²) in [6.45, 7) is 8.29. The van der Waals surface area contributed by atoms with Crippen LogP contribution in [0, 0.1) is 17.8 Å². The van der Waals surface area contributed by atoms with Gasteiger partial charge in [-0.05, 0) is 27.2 Å². The largest absolute Gasteiger partial charge is 0.333 e. The molecule has 0 aliphatic rings. The van der Waals surface area contributed by atoms with Gasteiger partial charge in [0.05, 0.1) is 5.16 Å². The van der Waals surface area contributed by atoms with Crippen LogP contribution in [0.2, 0.25) is 0 Å². The van der Waals surface area contributed by atoms with Crippen molar-refractivity contribution in [3.63, 3.8) is 0 Å². The molecule has 0 aliphatic carbocycles. The van der Waals surface area contributed by atoms with E-state index in [1.807, 2.05) is 0 Å². The van der Waals surface area contributed by atoms with Crippen LogP contribution < -0.4 is 0 Å². The third kappa shape index (κ3) is 2.09. The molecule has 0 aliphatic heterocycles. The fourth-order valence-corrected chi connectivity index (χ4v) is 2.33. The van der Waals surface area contributed by atoms with Crippen LogP contribution in [0.1, 0.15) is 27.2 Å². The number of terminal acetylenes is 1. The molecule has 0 aromatic rings. The van der Waals surface area contributed by atoms with E-state index in [9.17, 15) is 14.4 Å². The predicted molar refractivity (Wildman–Crippen MR) is 57.9 cm³/mol. The summed E-state index contributed by atoms with van der Waals surface area (Å²) in [5.74, 6) is 2.43. The summed E-state index contributed by atoms with van der Waals surface area (Å²) < 4.78 is 11.4. The Bertz CT molecular complexity index is 308. The van der Waals surface area contributed by atoms with Crippen LogP contribution in [0.4, 0.5) is 0 Å². The molecule has 2 N–H and O–H groups in total. The average Bonchev–Trinajstić information content (AvgIpc) is 2.02. The molecule has 14 heavy (non-hydrogen) atoms. The lowest BCUT2D eigenvalue weighted by Crippen LogP contribution is -2.40. The molecule has 0 heterocycles. The van der Waals surface area contributed by atoms with Gasteiger partial charge in [0.2, 0.25) is 0 Å². The number of hydrogen-bond acceptors (Lipinski definition) is 1. The van der Waals surface area contributed by atoms with Gasteiger partial charge < -0.3 is 9.79 Å². The van der Waals surface area contributed by atoms with Gasteiger partial charge in [0.15, 0.2) is 0 Å². The van der Waals surface area contributed by atoms with E-state index >= 15 is 0 Å². The maximum Gasteiger partial charge on any atom is 0.333 e. The minimum absolute atomic E-state index is 0.189. The molecule has 0 rings (SSSR count). The third-order valence-electron chi connectivity index (χ3n) is 2.89. The first kappa shape index (κ1) is 13.4. The van der Waals surface area contributed by atoms with E-state index in [0.717, 1.165) is 0 Å². The van der Waals surface area contributed by atoms with Crippen LogP contribution in [0.5, 0.6) is 0 Å². The molecule has 0 fully saturated rings. The number of hydrogen-bond donors (Lipinski definition) is 2. The Kier molecular flexibility index (Phi) is 3.75. The zero-order valence-electron chi connectivity index (χ0n) is 8.82. The molecule has 0 amide bonds. The SMILES string of the molecule is C#CC(C)(C)C(C)(CC=C)P(=O)(O)O. The first-order valence-corrected chi connectivity index (χ1v) is 5.88. The minimum Gasteiger partial charge on any atom is -0.324 e. The highest BCUT2D eigenvalue weighted by Crippen LogP contribution is 2.60. The van der Waals surface area contributed by atoms with Crippen molar-refractivity contribution in [2.45, 2.75) is 32.3 Å². The van der Waals surface area contributed by atoms with Crippen molar-refractivity contribution in [3.05, 3.63) is 12.7 Å². The van der Waals surface area contributed by atoms with Crippen molar-refractivity contribution in [3.8, 4) is 12.3 Å². The van der Waals surface area contributed by atoms with Crippen molar-refractivity contribution in [2.24, 2.45) is 5.41 Å². The van der Waals surface area contributed by atoms with Gasteiger partial charge in [-0.1, -0.05) is 12.0 Å². The molecular formula is C10H17O3P. The highest BCUT2D eigenvalue weighted by Gasteiger charge is 2.52. The van der Waals surface area contributed by atoms with Crippen LogP contribution in [0.25, 0.3) is 0 Å². The van der Waals surface area contributed by atoms with E-state index in [1.54, 1.807) is 13.8 Å². The van der Waals surface area contributed by atoms with Crippen molar-refractivity contribution in [2.75, 3.05) is 0 Å². The predicted octanol–water partition coefficient (Wildman–Crippen LogP) is 2.16. The zero-order valence-corrected chi connectivity index (χ0v) is 9.71. The summed E-state index contributed by atoms with van der Waals surface area (Å²) in [7, 11) is -4.26. The second kappa shape index (κ2) is 3.90. The van der Waals surface area contributed by atoms with Gasteiger partial charge in [0.1, 0.15) is 0 Å². The molecule has 0 aromatic heterocycles. The Morgan fingerprint density at radius 3 is 2.14 bits per heavy atom. The Balaban J connectivity index is 5.46. The van der Waals surface area contributed by atoms with Gasteiger partial charge >= 0.3 is 7.60 Å². The average molecular weight is 216 g/mol. The standard InChI is InChI=1S/C10H17O3P/c1-6-8-10(5,14(11,12)13)9(3,4)7-2/h2,6H,1,8H2,3-5H3,(H2,11,12,13). The van der Waals surface area contributed by atoms with E-state index in [0.29, 0.717) is 0 Å². The summed E-state index contributed by atoms with van der Waals surface area (Å²) in [5, 5.41) is -1.25. The van der Waals surface area contributed by atoms with E-state index in [-0.39, 0.29) is 6.42 Å². The maximum absolute atomic E-state index is 11.4. The van der Waals surface area contributed by atoms with Crippen LogP contribution in [0.3, 0.4) is 0 Å². The van der Waals surface area contributed by atoms with Crippen LogP contribution >= 0.6 is 7.60 Å². The fourth-order valence-electron chi connectivity index (χ4n) is 1.17. The van der Waals surface area contributed by atoms with Crippen LogP contribution in [-0.2, 0) is 4.57 Å². The normalized spacial score (nSPS) is 16.9. The molecule has 1 unspecified atom stereocenters. The molecule has 80 valence electrons. The summed E-state index contributed by atoms with van der Waals surface area (Å²) in [4.78, 5) is 18.6. The first-order valence-electron chi connectivity index (χ1n) is 4.26. The number of rotatable bonds is 4. The summed E-state index contributed by atoms with van der Waals surface area (Å²) in [6.07, 6.45) is 6.96. The monoisotopic (exact) mass is 216 g/mol. The molecule has 0 saturated heterocycles. The Morgan fingerprint density at radius 1 is 1.50 bits per heavy atom. The van der Waals surface area contributed by atoms with Crippen molar-refractivity contribution < 1.29 is 14.4 Å². The second-order valence-corrected chi connectivity index (χ2v) is 6.16. The minimum atomic E-state index is -4.26. The van der Waals surface area contributed by atoms with Crippen molar-refractivity contribution in [1.82, 2.24) is 0 Å². The molecule has 0 saturated carbocycles. The lowest BCUT2D eigenvalue weighted by atomic mass is 9.78. The van der Waals surface area contributed by atoms with Crippen molar-refractivity contribution in [1.29, 1.82) is 0 Å². The fraction of sp³-hybridized carbons (Fsp3) is 0.600. The van der Waals surface area contributed by atoms with Gasteiger partial charge in [0.25, 0.3) is 0 Å². The van der Waals surface area contributed by atoms with Gasteiger partial charge in [-0.3, -0.25) is 4.57 Å². The van der Waals surface area contributed by atoms with Gasteiger partial charge in [0, 0.05) is 5.41 Å². The van der Waals surface area contributed by atoms with Crippen LogP contribution in [0.15, 0.2) is 12.7 Å². The Labute approximate surface area is 85.4 Å². The number of allylic oxidation sites excluding steroid dienone is 1. The maximum atomic E-state index is 11.4. The third-order valence-corrected chi connectivity index (χ3v) is 4.92. The zero-order chi connectivity index (χ0) is 11.6. The first-order chi connectivity index (χ1) is 6.12. The molecule has 0 spiro atoms. The van der Waals surface area contributed by atoms with Gasteiger partial charge in [-0.15, -0.1) is 13.0 Å². The molecule has 0 bridgehead atoms. The topological polar surface area (TPSA) is 57.5 Å². The van der Waals surface area contributed by atoms with E-state index in [2.05, 4.69) is 12.5 Å². The molecule has 3 nitrogen and oxygen atoms in total. The Morgan fingerprint density at radius 2 is 1.93 bits per heavy atom. The van der Waals surface area contributed by atoms with E-state index in [4.69, 9.17) is 6.42 Å². The van der Waals surface area contributed by atoms with Crippen LogP contribution in [-0.4, -0.2) is 14.9 Å². The van der Waals surface area contributed by atoms with E-state index in [1.165, 1.54) is 13.0 Å². The Hall–Kier alpha value is -0.550. The molecule has 4 heteroatoms. The van der Waals surface area contributed by atoms with Gasteiger partial charge in [-0.25, -0.2) is 0 Å². The molecule has 1 atom stereocenters. The quantitative estimate of drug-likeness (QED) is 0.430. The highest BCUT2D eigenvalue weighted by atomic mass is 31.2.